The van der Waals surface area contributed by atoms with E-state index in [4.69, 9.17) is 5.73 Å². The van der Waals surface area contributed by atoms with Gasteiger partial charge in [-0.1, -0.05) is 6.07 Å². The van der Waals surface area contributed by atoms with Crippen LogP contribution in [0.4, 0.5) is 8.78 Å². The molecule has 5 nitrogen and oxygen atoms in total. The highest BCUT2D eigenvalue weighted by Gasteiger charge is 2.08. The Balaban J connectivity index is 2.27. The minimum absolute atomic E-state index is 0.131. The van der Waals surface area contributed by atoms with Gasteiger partial charge in [0, 0.05) is 11.6 Å². The zero-order chi connectivity index (χ0) is 11.5. The fourth-order valence-corrected chi connectivity index (χ4v) is 1.30. The summed E-state index contributed by atoms with van der Waals surface area (Å²) in [6.07, 6.45) is 0. The van der Waals surface area contributed by atoms with Crippen LogP contribution in [0.2, 0.25) is 0 Å². The van der Waals surface area contributed by atoms with Gasteiger partial charge in [0.1, 0.15) is 11.6 Å². The molecule has 0 saturated heterocycles. The van der Waals surface area contributed by atoms with Crippen LogP contribution in [0.15, 0.2) is 18.2 Å². The van der Waals surface area contributed by atoms with E-state index >= 15 is 0 Å². The largest absolute Gasteiger partial charge is 0.324 e. The van der Waals surface area contributed by atoms with Crippen LogP contribution >= 0.6 is 0 Å². The van der Waals surface area contributed by atoms with Crippen LogP contribution in [0.1, 0.15) is 11.4 Å². The predicted molar refractivity (Wildman–Crippen MR) is 51.2 cm³/mol. The summed E-state index contributed by atoms with van der Waals surface area (Å²) in [6.45, 7) is 0.293. The Labute approximate surface area is 89.9 Å². The molecular formula is C9H9F2N5. The first-order chi connectivity index (χ1) is 7.70. The van der Waals surface area contributed by atoms with Crippen LogP contribution in [0.25, 0.3) is 0 Å². The summed E-state index contributed by atoms with van der Waals surface area (Å²) in [5.74, 6) is -0.792. The van der Waals surface area contributed by atoms with E-state index in [1.54, 1.807) is 0 Å². The van der Waals surface area contributed by atoms with E-state index in [9.17, 15) is 8.78 Å². The molecule has 7 heteroatoms. The summed E-state index contributed by atoms with van der Waals surface area (Å²) in [5.41, 5.74) is 5.70. The molecule has 0 amide bonds. The molecule has 16 heavy (non-hydrogen) atoms. The molecule has 1 aromatic heterocycles. The summed E-state index contributed by atoms with van der Waals surface area (Å²) >= 11 is 0. The lowest BCUT2D eigenvalue weighted by molar-refractivity contribution is 0.547. The maximum absolute atomic E-state index is 13.3. The van der Waals surface area contributed by atoms with Crippen molar-refractivity contribution in [1.29, 1.82) is 0 Å². The van der Waals surface area contributed by atoms with Crippen molar-refractivity contribution in [1.82, 2.24) is 20.2 Å². The number of aromatic nitrogens is 4. The van der Waals surface area contributed by atoms with Crippen molar-refractivity contribution in [3.63, 3.8) is 0 Å². The third-order valence-electron chi connectivity index (χ3n) is 2.12. The lowest BCUT2D eigenvalue weighted by Gasteiger charge is -2.04. The Hall–Kier alpha value is -1.89. The molecule has 0 bridgehead atoms. The van der Waals surface area contributed by atoms with Crippen LogP contribution in [-0.4, -0.2) is 20.2 Å². The van der Waals surface area contributed by atoms with E-state index in [1.165, 1.54) is 16.8 Å². The van der Waals surface area contributed by atoms with Crippen LogP contribution in [0, 0.1) is 11.6 Å². The number of nitrogens with two attached hydrogens (primary N) is 1. The second-order valence-corrected chi connectivity index (χ2v) is 3.19. The molecule has 1 aromatic carbocycles. The second kappa shape index (κ2) is 4.31. The SMILES string of the molecule is NCc1nnnn1Cc1ccc(F)cc1F. The van der Waals surface area contributed by atoms with Crippen molar-refractivity contribution in [3.8, 4) is 0 Å². The van der Waals surface area contributed by atoms with Gasteiger partial charge in [-0.05, 0) is 16.5 Å². The van der Waals surface area contributed by atoms with Gasteiger partial charge in [-0.15, -0.1) is 5.10 Å². The van der Waals surface area contributed by atoms with E-state index in [-0.39, 0.29) is 13.1 Å². The number of rotatable bonds is 3. The number of nitrogens with zero attached hydrogens (tertiary/aromatic N) is 4. The van der Waals surface area contributed by atoms with Gasteiger partial charge in [0.15, 0.2) is 5.82 Å². The number of hydrogen-bond acceptors (Lipinski definition) is 4. The Morgan fingerprint density at radius 1 is 1.31 bits per heavy atom. The van der Waals surface area contributed by atoms with Gasteiger partial charge in [0.25, 0.3) is 0 Å². The number of tetrazole rings is 1. The minimum Gasteiger partial charge on any atom is -0.324 e. The smallest absolute Gasteiger partial charge is 0.165 e. The van der Waals surface area contributed by atoms with Crippen LogP contribution in [-0.2, 0) is 13.1 Å². The molecule has 0 spiro atoms. The maximum Gasteiger partial charge on any atom is 0.165 e. The molecule has 2 N–H and O–H groups in total. The highest BCUT2D eigenvalue weighted by atomic mass is 19.1. The number of benzene rings is 1. The van der Waals surface area contributed by atoms with Crippen molar-refractivity contribution in [2.24, 2.45) is 5.73 Å². The first-order valence-corrected chi connectivity index (χ1v) is 4.59. The Morgan fingerprint density at radius 3 is 2.81 bits per heavy atom. The number of hydrogen-bond donors (Lipinski definition) is 1. The van der Waals surface area contributed by atoms with E-state index in [0.717, 1.165) is 6.07 Å². The molecule has 0 aliphatic carbocycles. The van der Waals surface area contributed by atoms with Gasteiger partial charge in [-0.3, -0.25) is 0 Å². The van der Waals surface area contributed by atoms with E-state index in [1.807, 2.05) is 0 Å². The second-order valence-electron chi connectivity index (χ2n) is 3.19. The lowest BCUT2D eigenvalue weighted by Crippen LogP contribution is -2.11. The van der Waals surface area contributed by atoms with Gasteiger partial charge < -0.3 is 5.73 Å². The molecule has 0 aliphatic rings. The van der Waals surface area contributed by atoms with Crippen molar-refractivity contribution < 1.29 is 8.78 Å². The summed E-state index contributed by atoms with van der Waals surface area (Å²) in [6, 6.07) is 3.36. The first kappa shape index (κ1) is 10.6. The Bertz CT molecular complexity index is 496. The third kappa shape index (κ3) is 2.03. The minimum atomic E-state index is -0.626. The van der Waals surface area contributed by atoms with Crippen LogP contribution < -0.4 is 5.73 Å². The summed E-state index contributed by atoms with van der Waals surface area (Å²) in [5, 5.41) is 10.7. The topological polar surface area (TPSA) is 69.6 Å². The third-order valence-corrected chi connectivity index (χ3v) is 2.12. The van der Waals surface area contributed by atoms with Crippen molar-refractivity contribution in [3.05, 3.63) is 41.2 Å². The summed E-state index contributed by atoms with van der Waals surface area (Å²) < 4.78 is 27.4. The first-order valence-electron chi connectivity index (χ1n) is 4.59. The summed E-state index contributed by atoms with van der Waals surface area (Å²) in [7, 11) is 0. The molecule has 0 aliphatic heterocycles. The fourth-order valence-electron chi connectivity index (χ4n) is 1.30. The van der Waals surface area contributed by atoms with E-state index < -0.39 is 11.6 Å². The maximum atomic E-state index is 13.3. The Kier molecular flexibility index (Phi) is 2.86. The molecule has 0 unspecified atom stereocenters. The zero-order valence-corrected chi connectivity index (χ0v) is 8.27. The average molecular weight is 225 g/mol. The fraction of sp³-hybridized carbons (Fsp3) is 0.222. The van der Waals surface area contributed by atoms with Gasteiger partial charge in [0.05, 0.1) is 13.1 Å². The average Bonchev–Trinajstić information content (AvgIpc) is 2.69. The lowest BCUT2D eigenvalue weighted by atomic mass is 10.2. The zero-order valence-electron chi connectivity index (χ0n) is 8.27. The van der Waals surface area contributed by atoms with Crippen LogP contribution in [0.3, 0.4) is 0 Å². The Morgan fingerprint density at radius 2 is 2.12 bits per heavy atom. The molecule has 0 radical (unpaired) electrons. The summed E-state index contributed by atoms with van der Waals surface area (Å²) in [4.78, 5) is 0. The van der Waals surface area contributed by atoms with E-state index in [0.29, 0.717) is 11.4 Å². The molecular weight excluding hydrogens is 216 g/mol. The normalized spacial score (nSPS) is 10.7. The molecule has 0 atom stereocenters. The van der Waals surface area contributed by atoms with Gasteiger partial charge in [-0.2, -0.15) is 0 Å². The van der Waals surface area contributed by atoms with Crippen molar-refractivity contribution in [2.45, 2.75) is 13.1 Å². The highest BCUT2D eigenvalue weighted by Crippen LogP contribution is 2.11. The van der Waals surface area contributed by atoms with Crippen molar-refractivity contribution >= 4 is 0 Å². The standard InChI is InChI=1S/C9H9F2N5/c10-7-2-1-6(8(11)3-7)5-16-9(4-12)13-14-15-16/h1-3H,4-5,12H2. The van der Waals surface area contributed by atoms with Gasteiger partial charge in [0.2, 0.25) is 0 Å². The molecule has 0 saturated carbocycles. The predicted octanol–water partition coefficient (Wildman–Crippen LogP) is 0.458. The molecule has 1 heterocycles. The monoisotopic (exact) mass is 225 g/mol. The highest BCUT2D eigenvalue weighted by molar-refractivity contribution is 5.18. The molecule has 84 valence electrons. The van der Waals surface area contributed by atoms with Crippen LogP contribution in [0.5, 0.6) is 0 Å². The molecule has 2 aromatic rings. The molecule has 2 rings (SSSR count). The van der Waals surface area contributed by atoms with E-state index in [2.05, 4.69) is 15.5 Å². The van der Waals surface area contributed by atoms with Gasteiger partial charge in [-0.25, -0.2) is 13.5 Å². The molecule has 0 fully saturated rings. The van der Waals surface area contributed by atoms with Crippen molar-refractivity contribution in [2.75, 3.05) is 0 Å². The quantitative estimate of drug-likeness (QED) is 0.823. The van der Waals surface area contributed by atoms with Gasteiger partial charge >= 0.3 is 0 Å². The number of halogens is 2.